The minimum absolute atomic E-state index is 0.0950. The topological polar surface area (TPSA) is 77.2 Å². The van der Waals surface area contributed by atoms with Crippen molar-refractivity contribution in [1.29, 1.82) is 0 Å². The number of hydrogen-bond acceptors (Lipinski definition) is 4. The molecule has 0 aliphatic rings. The Kier molecular flexibility index (Phi) is 2.98. The molecular formula is C11H11N3O2. The zero-order valence-electron chi connectivity index (χ0n) is 8.51. The van der Waals surface area contributed by atoms with Gasteiger partial charge in [0.1, 0.15) is 5.75 Å². The van der Waals surface area contributed by atoms with Crippen LogP contribution in [0.2, 0.25) is 0 Å². The predicted octanol–water partition coefficient (Wildman–Crippen LogP) is 0.603. The normalized spacial score (nSPS) is 10.1. The van der Waals surface area contributed by atoms with E-state index in [-0.39, 0.29) is 12.5 Å². The van der Waals surface area contributed by atoms with E-state index in [4.69, 9.17) is 10.6 Å². The number of ether oxygens (including phenoxy) is 1. The van der Waals surface area contributed by atoms with Gasteiger partial charge >= 0.3 is 0 Å². The smallest absolute Gasteiger partial charge is 0.271 e. The molecule has 0 saturated heterocycles. The predicted molar refractivity (Wildman–Crippen MR) is 59.6 cm³/mol. The number of nitrogens with two attached hydrogens (primary N) is 1. The van der Waals surface area contributed by atoms with Crippen molar-refractivity contribution in [2.45, 2.75) is 0 Å². The first-order valence-electron chi connectivity index (χ1n) is 4.76. The summed E-state index contributed by atoms with van der Waals surface area (Å²) >= 11 is 0. The van der Waals surface area contributed by atoms with Crippen LogP contribution in [-0.2, 0) is 4.79 Å². The highest BCUT2D eigenvalue weighted by Gasteiger charge is 2.01. The summed E-state index contributed by atoms with van der Waals surface area (Å²) in [7, 11) is 0. The number of nitrogens with one attached hydrogen (secondary N) is 1. The summed E-state index contributed by atoms with van der Waals surface area (Å²) in [6.07, 6.45) is 1.73. The molecule has 0 spiro atoms. The summed E-state index contributed by atoms with van der Waals surface area (Å²) < 4.78 is 5.25. The quantitative estimate of drug-likeness (QED) is 0.448. The summed E-state index contributed by atoms with van der Waals surface area (Å²) in [5, 5.41) is 0.966. The average Bonchev–Trinajstić information content (AvgIpc) is 2.35. The number of rotatable bonds is 3. The Labute approximate surface area is 92.2 Å². The van der Waals surface area contributed by atoms with E-state index in [9.17, 15) is 4.79 Å². The van der Waals surface area contributed by atoms with Gasteiger partial charge in [-0.05, 0) is 24.3 Å². The van der Waals surface area contributed by atoms with Crippen molar-refractivity contribution in [3.05, 3.63) is 36.5 Å². The number of amides is 1. The molecule has 2 rings (SSSR count). The fourth-order valence-corrected chi connectivity index (χ4v) is 1.33. The molecule has 1 amide bonds. The Morgan fingerprint density at radius 3 is 3.12 bits per heavy atom. The van der Waals surface area contributed by atoms with Gasteiger partial charge in [0, 0.05) is 11.6 Å². The summed E-state index contributed by atoms with van der Waals surface area (Å²) in [5.74, 6) is 5.18. The van der Waals surface area contributed by atoms with Gasteiger partial charge in [0.2, 0.25) is 0 Å². The molecule has 0 aliphatic carbocycles. The number of carbonyl (C=O) groups is 1. The lowest BCUT2D eigenvalue weighted by Crippen LogP contribution is -2.34. The summed E-state index contributed by atoms with van der Waals surface area (Å²) in [6, 6.07) is 9.20. The molecular weight excluding hydrogens is 206 g/mol. The molecule has 0 unspecified atom stereocenters. The monoisotopic (exact) mass is 217 g/mol. The van der Waals surface area contributed by atoms with Crippen molar-refractivity contribution in [3.63, 3.8) is 0 Å². The largest absolute Gasteiger partial charge is 0.484 e. The van der Waals surface area contributed by atoms with Gasteiger partial charge in [-0.2, -0.15) is 0 Å². The second-order valence-electron chi connectivity index (χ2n) is 3.21. The van der Waals surface area contributed by atoms with Gasteiger partial charge in [-0.3, -0.25) is 15.2 Å². The zero-order chi connectivity index (χ0) is 11.4. The molecule has 0 fully saturated rings. The molecule has 0 aliphatic heterocycles. The van der Waals surface area contributed by atoms with E-state index in [1.807, 2.05) is 29.7 Å². The SMILES string of the molecule is NNC(=O)COc1ccc2ncccc2c1. The van der Waals surface area contributed by atoms with Crippen LogP contribution in [0.5, 0.6) is 5.75 Å². The molecule has 82 valence electrons. The molecule has 16 heavy (non-hydrogen) atoms. The van der Waals surface area contributed by atoms with Crippen molar-refractivity contribution >= 4 is 16.8 Å². The van der Waals surface area contributed by atoms with Gasteiger partial charge in [0.15, 0.2) is 6.61 Å². The maximum absolute atomic E-state index is 10.9. The molecule has 5 nitrogen and oxygen atoms in total. The lowest BCUT2D eigenvalue weighted by atomic mass is 10.2. The zero-order valence-corrected chi connectivity index (χ0v) is 8.51. The summed E-state index contributed by atoms with van der Waals surface area (Å²) in [6.45, 7) is -0.0950. The molecule has 2 aromatic rings. The highest BCUT2D eigenvalue weighted by Crippen LogP contribution is 2.18. The Morgan fingerprint density at radius 1 is 1.44 bits per heavy atom. The van der Waals surface area contributed by atoms with Gasteiger partial charge in [0.05, 0.1) is 5.52 Å². The number of nitrogens with zero attached hydrogens (tertiary/aromatic N) is 1. The Morgan fingerprint density at radius 2 is 2.31 bits per heavy atom. The average molecular weight is 217 g/mol. The number of carbonyl (C=O) groups excluding carboxylic acids is 1. The van der Waals surface area contributed by atoms with Crippen LogP contribution < -0.4 is 16.0 Å². The van der Waals surface area contributed by atoms with Crippen molar-refractivity contribution in [3.8, 4) is 5.75 Å². The molecule has 5 heteroatoms. The third kappa shape index (κ3) is 2.26. The third-order valence-corrected chi connectivity index (χ3v) is 2.11. The molecule has 0 bridgehead atoms. The number of hydrogen-bond donors (Lipinski definition) is 2. The fraction of sp³-hybridized carbons (Fsp3) is 0.0909. The summed E-state index contributed by atoms with van der Waals surface area (Å²) in [4.78, 5) is 15.1. The number of hydrazine groups is 1. The van der Waals surface area contributed by atoms with Gasteiger partial charge in [-0.25, -0.2) is 5.84 Å². The number of pyridine rings is 1. The second kappa shape index (κ2) is 4.59. The minimum Gasteiger partial charge on any atom is -0.484 e. The first-order chi connectivity index (χ1) is 7.79. The molecule has 0 saturated carbocycles. The molecule has 3 N–H and O–H groups in total. The maximum atomic E-state index is 10.9. The Balaban J connectivity index is 2.16. The highest BCUT2D eigenvalue weighted by molar-refractivity contribution is 5.80. The van der Waals surface area contributed by atoms with Gasteiger partial charge in [0.25, 0.3) is 5.91 Å². The van der Waals surface area contributed by atoms with Crippen molar-refractivity contribution in [1.82, 2.24) is 10.4 Å². The first kappa shape index (κ1) is 10.4. The van der Waals surface area contributed by atoms with E-state index < -0.39 is 0 Å². The Bertz CT molecular complexity index is 513. The van der Waals surface area contributed by atoms with Crippen LogP contribution in [0.1, 0.15) is 0 Å². The van der Waals surface area contributed by atoms with Crippen LogP contribution in [-0.4, -0.2) is 17.5 Å². The van der Waals surface area contributed by atoms with Crippen LogP contribution in [0.15, 0.2) is 36.5 Å². The van der Waals surface area contributed by atoms with E-state index in [0.717, 1.165) is 10.9 Å². The second-order valence-corrected chi connectivity index (χ2v) is 3.21. The maximum Gasteiger partial charge on any atom is 0.271 e. The van der Waals surface area contributed by atoms with E-state index in [2.05, 4.69) is 4.98 Å². The van der Waals surface area contributed by atoms with E-state index in [1.165, 1.54) is 0 Å². The molecule has 0 radical (unpaired) electrons. The van der Waals surface area contributed by atoms with Gasteiger partial charge in [-0.1, -0.05) is 6.07 Å². The number of benzene rings is 1. The van der Waals surface area contributed by atoms with Crippen LogP contribution in [0, 0.1) is 0 Å². The van der Waals surface area contributed by atoms with Crippen molar-refractivity contribution in [2.24, 2.45) is 5.84 Å². The molecule has 0 atom stereocenters. The lowest BCUT2D eigenvalue weighted by Gasteiger charge is -2.05. The molecule has 1 aromatic carbocycles. The van der Waals surface area contributed by atoms with Crippen LogP contribution >= 0.6 is 0 Å². The van der Waals surface area contributed by atoms with Crippen LogP contribution in [0.3, 0.4) is 0 Å². The molecule has 1 heterocycles. The van der Waals surface area contributed by atoms with Gasteiger partial charge < -0.3 is 4.74 Å². The van der Waals surface area contributed by atoms with E-state index in [0.29, 0.717) is 5.75 Å². The van der Waals surface area contributed by atoms with E-state index in [1.54, 1.807) is 12.3 Å². The van der Waals surface area contributed by atoms with Gasteiger partial charge in [-0.15, -0.1) is 0 Å². The Hall–Kier alpha value is -2.14. The lowest BCUT2D eigenvalue weighted by molar-refractivity contribution is -0.123. The standard InChI is InChI=1S/C11H11N3O2/c12-14-11(15)7-16-9-3-4-10-8(6-9)2-1-5-13-10/h1-6H,7,12H2,(H,14,15). The third-order valence-electron chi connectivity index (χ3n) is 2.11. The van der Waals surface area contributed by atoms with Crippen molar-refractivity contribution in [2.75, 3.05) is 6.61 Å². The number of aromatic nitrogens is 1. The van der Waals surface area contributed by atoms with E-state index >= 15 is 0 Å². The number of fused-ring (bicyclic) bond motifs is 1. The fourth-order valence-electron chi connectivity index (χ4n) is 1.33. The highest BCUT2D eigenvalue weighted by atomic mass is 16.5. The van der Waals surface area contributed by atoms with Crippen molar-refractivity contribution < 1.29 is 9.53 Å². The minimum atomic E-state index is -0.369. The first-order valence-corrected chi connectivity index (χ1v) is 4.76. The van der Waals surface area contributed by atoms with Crippen LogP contribution in [0.25, 0.3) is 10.9 Å². The molecule has 1 aromatic heterocycles. The summed E-state index contributed by atoms with van der Waals surface area (Å²) in [5.41, 5.74) is 2.88. The van der Waals surface area contributed by atoms with Crippen LogP contribution in [0.4, 0.5) is 0 Å².